The Morgan fingerprint density at radius 2 is 1.79 bits per heavy atom. The van der Waals surface area contributed by atoms with Crippen molar-refractivity contribution in [1.82, 2.24) is 26.1 Å². The Morgan fingerprint density at radius 3 is 2.48 bits per heavy atom. The highest BCUT2D eigenvalue weighted by atomic mass is 16.5. The molecular formula is C30H39N5O7. The molecule has 1 aromatic carbocycles. The zero-order valence-corrected chi connectivity index (χ0v) is 24.3. The number of carbonyl (C=O) groups is 4. The Kier molecular flexibility index (Phi) is 9.60. The monoisotopic (exact) mass is 581 g/mol. The number of hydrogen-bond acceptors (Lipinski definition) is 9. The molecule has 3 heterocycles. The van der Waals surface area contributed by atoms with Crippen LogP contribution in [0.4, 0.5) is 0 Å². The number of cyclic esters (lactones) is 1. The van der Waals surface area contributed by atoms with Crippen molar-refractivity contribution < 1.29 is 34.1 Å². The second-order valence-electron chi connectivity index (χ2n) is 11.3. The van der Waals surface area contributed by atoms with E-state index in [-0.39, 0.29) is 5.92 Å². The number of nitrogens with one attached hydrogen (secondary N) is 3. The van der Waals surface area contributed by atoms with E-state index in [0.29, 0.717) is 36.2 Å². The highest BCUT2D eigenvalue weighted by Gasteiger charge is 2.39. The number of nitrogens with zero attached hydrogens (tertiary/aromatic N) is 2. The van der Waals surface area contributed by atoms with Crippen LogP contribution in [0.15, 0.2) is 36.4 Å². The number of carbonyl (C=O) groups excluding carboxylic acids is 4. The van der Waals surface area contributed by atoms with Gasteiger partial charge in [-0.2, -0.15) is 0 Å². The van der Waals surface area contributed by atoms with E-state index in [1.54, 1.807) is 45.0 Å². The first-order chi connectivity index (χ1) is 20.0. The third-order valence-electron chi connectivity index (χ3n) is 7.76. The fourth-order valence-electron chi connectivity index (χ4n) is 4.96. The molecule has 0 spiro atoms. The van der Waals surface area contributed by atoms with Gasteiger partial charge in [0.25, 0.3) is 5.91 Å². The number of aromatic nitrogens is 1. The van der Waals surface area contributed by atoms with Gasteiger partial charge in [-0.3, -0.25) is 24.2 Å². The minimum absolute atomic E-state index is 0.332. The number of fused-ring (bicyclic) bond motifs is 4. The molecule has 4 atom stereocenters. The number of ether oxygens (including phenoxy) is 1. The first-order valence-corrected chi connectivity index (χ1v) is 14.2. The molecule has 1 aromatic heterocycles. The van der Waals surface area contributed by atoms with E-state index in [1.807, 2.05) is 12.1 Å². The molecule has 3 amide bonds. The standard InChI is InChI=1S/C30H39N5O7/c1-17(2)25-26(38)31-18(3)27(39)35-13-5-6-23(34-35)28(40)42-19(4)22-10-9-21-8-7-20(14-24(21)32-22)11-12-30(15-36,16-37)29(41)33-25/h7-12,14,17-19,23,25,34,36-37H,5-6,13,15-16H2,1-4H3,(H,31,38)(H,33,41). The molecule has 4 rings (SSSR count). The van der Waals surface area contributed by atoms with Crippen LogP contribution in [0.3, 0.4) is 0 Å². The lowest BCUT2D eigenvalue weighted by Gasteiger charge is -2.35. The van der Waals surface area contributed by atoms with Crippen LogP contribution in [0.25, 0.3) is 17.0 Å². The topological polar surface area (TPSA) is 170 Å². The number of rotatable bonds is 3. The maximum atomic E-state index is 13.4. The van der Waals surface area contributed by atoms with Gasteiger partial charge in [-0.25, -0.2) is 10.4 Å². The Bertz CT molecular complexity index is 1370. The molecule has 12 nitrogen and oxygen atoms in total. The van der Waals surface area contributed by atoms with Crippen molar-refractivity contribution >= 4 is 40.7 Å². The van der Waals surface area contributed by atoms with Crippen LogP contribution in [-0.2, 0) is 23.9 Å². The minimum atomic E-state index is -1.73. The smallest absolute Gasteiger partial charge is 0.325 e. The number of hydrogen-bond donors (Lipinski definition) is 5. The molecule has 2 aromatic rings. The van der Waals surface area contributed by atoms with E-state index in [4.69, 9.17) is 4.74 Å². The van der Waals surface area contributed by atoms with Gasteiger partial charge in [0.2, 0.25) is 11.8 Å². The Balaban J connectivity index is 1.75. The summed E-state index contributed by atoms with van der Waals surface area (Å²) in [4.78, 5) is 57.6. The van der Waals surface area contributed by atoms with Crippen LogP contribution in [0.2, 0.25) is 0 Å². The van der Waals surface area contributed by atoms with Gasteiger partial charge in [-0.1, -0.05) is 44.2 Å². The van der Waals surface area contributed by atoms with Crippen molar-refractivity contribution in [2.75, 3.05) is 19.8 Å². The first kappa shape index (κ1) is 31.1. The van der Waals surface area contributed by atoms with Gasteiger partial charge >= 0.3 is 5.97 Å². The Morgan fingerprint density at radius 1 is 1.07 bits per heavy atom. The number of amides is 3. The van der Waals surface area contributed by atoms with E-state index >= 15 is 0 Å². The molecule has 5 bridgehead atoms. The van der Waals surface area contributed by atoms with Crippen LogP contribution >= 0.6 is 0 Å². The molecular weight excluding hydrogens is 542 g/mol. The lowest BCUT2D eigenvalue weighted by atomic mass is 9.86. The zero-order chi connectivity index (χ0) is 30.6. The molecule has 1 fully saturated rings. The molecule has 0 saturated carbocycles. The normalized spacial score (nSPS) is 25.7. The summed E-state index contributed by atoms with van der Waals surface area (Å²) >= 11 is 0. The third kappa shape index (κ3) is 6.61. The molecule has 2 aliphatic heterocycles. The quantitative estimate of drug-likeness (QED) is 0.332. The highest BCUT2D eigenvalue weighted by molar-refractivity contribution is 5.94. The number of aliphatic hydroxyl groups is 2. The Hall–Kier alpha value is -3.87. The SMILES string of the molecule is CC1NC(=O)C(C(C)C)NC(=O)C(CO)(CO)C=Cc2ccc3ccc(nc3c2)C(C)OC(=O)C2CCCN(N2)C1=O. The van der Waals surface area contributed by atoms with E-state index in [1.165, 1.54) is 18.0 Å². The fourth-order valence-corrected chi connectivity index (χ4v) is 4.96. The van der Waals surface area contributed by atoms with E-state index in [9.17, 15) is 29.4 Å². The lowest BCUT2D eigenvalue weighted by Crippen LogP contribution is -2.61. The van der Waals surface area contributed by atoms with E-state index in [2.05, 4.69) is 21.0 Å². The first-order valence-electron chi connectivity index (χ1n) is 14.2. The zero-order valence-electron chi connectivity index (χ0n) is 24.3. The Labute approximate surface area is 244 Å². The molecule has 0 radical (unpaired) electrons. The summed E-state index contributed by atoms with van der Waals surface area (Å²) in [6.07, 6.45) is 3.34. The largest absolute Gasteiger partial charge is 0.455 e. The molecule has 12 heteroatoms. The van der Waals surface area contributed by atoms with Crippen molar-refractivity contribution in [2.24, 2.45) is 11.3 Å². The van der Waals surface area contributed by atoms with Crippen LogP contribution in [0.1, 0.15) is 57.9 Å². The maximum absolute atomic E-state index is 13.4. The lowest BCUT2D eigenvalue weighted by molar-refractivity contribution is -0.157. The predicted molar refractivity (Wildman–Crippen MR) is 154 cm³/mol. The van der Waals surface area contributed by atoms with Gasteiger partial charge in [-0.15, -0.1) is 0 Å². The van der Waals surface area contributed by atoms with Crippen LogP contribution in [0.5, 0.6) is 0 Å². The van der Waals surface area contributed by atoms with Crippen molar-refractivity contribution in [3.63, 3.8) is 0 Å². The molecule has 42 heavy (non-hydrogen) atoms. The number of hydrazine groups is 1. The average Bonchev–Trinajstić information content (AvgIpc) is 2.99. The van der Waals surface area contributed by atoms with Gasteiger partial charge < -0.3 is 25.6 Å². The van der Waals surface area contributed by atoms with Gasteiger partial charge in [0, 0.05) is 11.9 Å². The summed E-state index contributed by atoms with van der Waals surface area (Å²) in [6.45, 7) is 5.60. The third-order valence-corrected chi connectivity index (χ3v) is 7.76. The second kappa shape index (κ2) is 13.0. The molecule has 226 valence electrons. The summed E-state index contributed by atoms with van der Waals surface area (Å²) in [6, 6.07) is 6.27. The number of benzene rings is 1. The number of esters is 1. The number of aliphatic hydroxyl groups excluding tert-OH is 2. The van der Waals surface area contributed by atoms with E-state index in [0.717, 1.165) is 5.39 Å². The minimum Gasteiger partial charge on any atom is -0.455 e. The van der Waals surface area contributed by atoms with Gasteiger partial charge in [0.1, 0.15) is 29.6 Å². The van der Waals surface area contributed by atoms with Crippen LogP contribution in [-0.4, -0.2) is 81.8 Å². The van der Waals surface area contributed by atoms with Crippen molar-refractivity contribution in [1.29, 1.82) is 0 Å². The molecule has 5 N–H and O–H groups in total. The van der Waals surface area contributed by atoms with Crippen molar-refractivity contribution in [3.05, 3.63) is 47.7 Å². The van der Waals surface area contributed by atoms with Gasteiger partial charge in [0.05, 0.1) is 24.4 Å². The molecule has 1 saturated heterocycles. The second-order valence-corrected chi connectivity index (χ2v) is 11.3. The maximum Gasteiger partial charge on any atom is 0.325 e. The average molecular weight is 582 g/mol. The summed E-state index contributed by atoms with van der Waals surface area (Å²) in [5.74, 6) is -2.70. The fraction of sp³-hybridized carbons (Fsp3) is 0.500. The van der Waals surface area contributed by atoms with Crippen LogP contribution < -0.4 is 16.1 Å². The predicted octanol–water partition coefficient (Wildman–Crippen LogP) is 0.978. The van der Waals surface area contributed by atoms with Gasteiger partial charge in [-0.05, 0) is 50.3 Å². The van der Waals surface area contributed by atoms with Gasteiger partial charge in [0.15, 0.2) is 0 Å². The van der Waals surface area contributed by atoms with Crippen molar-refractivity contribution in [2.45, 2.75) is 64.8 Å². The summed E-state index contributed by atoms with van der Waals surface area (Å²) in [5.41, 5.74) is 3.00. The van der Waals surface area contributed by atoms with Crippen molar-refractivity contribution in [3.8, 4) is 0 Å². The van der Waals surface area contributed by atoms with Crippen LogP contribution in [0, 0.1) is 11.3 Å². The highest BCUT2D eigenvalue weighted by Crippen LogP contribution is 2.25. The summed E-state index contributed by atoms with van der Waals surface area (Å²) in [5, 5.41) is 27.9. The molecule has 0 aliphatic carbocycles. The number of pyridine rings is 1. The summed E-state index contributed by atoms with van der Waals surface area (Å²) < 4.78 is 5.72. The molecule has 2 aliphatic rings. The summed E-state index contributed by atoms with van der Waals surface area (Å²) in [7, 11) is 0. The molecule has 4 unspecified atom stereocenters. The van der Waals surface area contributed by atoms with E-state index < -0.39 is 66.5 Å².